The molecule has 3 rings (SSSR count). The van der Waals surface area contributed by atoms with Crippen molar-refractivity contribution < 1.29 is 4.79 Å². The van der Waals surface area contributed by atoms with Gasteiger partial charge in [-0.15, -0.1) is 0 Å². The third-order valence-electron chi connectivity index (χ3n) is 4.42. The van der Waals surface area contributed by atoms with Gasteiger partial charge in [0.2, 0.25) is 5.95 Å². The fraction of sp³-hybridized carbons (Fsp3) is 0.400. The number of piperidine rings is 1. The van der Waals surface area contributed by atoms with Crippen LogP contribution >= 0.6 is 0 Å². The minimum absolute atomic E-state index is 0.0896. The highest BCUT2D eigenvalue weighted by Crippen LogP contribution is 2.28. The van der Waals surface area contributed by atoms with Gasteiger partial charge in [0.15, 0.2) is 0 Å². The zero-order chi connectivity index (χ0) is 18.5. The number of carbonyl (C=O) groups is 1. The van der Waals surface area contributed by atoms with Crippen molar-refractivity contribution in [3.63, 3.8) is 0 Å². The Balaban J connectivity index is 1.76. The van der Waals surface area contributed by atoms with Gasteiger partial charge in [-0.2, -0.15) is 0 Å². The summed E-state index contributed by atoms with van der Waals surface area (Å²) in [5.74, 6) is 6.78. The molecule has 0 saturated carbocycles. The summed E-state index contributed by atoms with van der Waals surface area (Å²) in [4.78, 5) is 27.1. The number of pyridine rings is 1. The largest absolute Gasteiger partial charge is 0.331 e. The lowest BCUT2D eigenvalue weighted by Gasteiger charge is -2.31. The summed E-state index contributed by atoms with van der Waals surface area (Å²) in [5.41, 5.74) is 2.98. The third-order valence-corrected chi connectivity index (χ3v) is 4.42. The van der Waals surface area contributed by atoms with Crippen LogP contribution in [0.2, 0.25) is 0 Å². The molecule has 2 aromatic rings. The number of likely N-dealkylation sites (tertiary alicyclic amines) is 1. The Hall–Kier alpha value is -2.94. The van der Waals surface area contributed by atoms with Crippen LogP contribution in [0.4, 0.5) is 11.8 Å². The van der Waals surface area contributed by atoms with Gasteiger partial charge in [-0.25, -0.2) is 15.0 Å². The Kier molecular flexibility index (Phi) is 5.47. The van der Waals surface area contributed by atoms with Crippen LogP contribution in [0.25, 0.3) is 0 Å². The molecule has 0 spiro atoms. The van der Waals surface area contributed by atoms with Crippen molar-refractivity contribution >= 4 is 17.7 Å². The summed E-state index contributed by atoms with van der Waals surface area (Å²) >= 11 is 0. The maximum Gasteiger partial charge on any atom is 0.298 e. The molecule has 0 aliphatic carbocycles. The summed E-state index contributed by atoms with van der Waals surface area (Å²) in [6, 6.07) is 5.96. The van der Waals surface area contributed by atoms with E-state index in [4.69, 9.17) is 0 Å². The van der Waals surface area contributed by atoms with Gasteiger partial charge >= 0.3 is 0 Å². The number of aromatic nitrogens is 3. The second-order valence-corrected chi connectivity index (χ2v) is 6.54. The molecule has 1 fully saturated rings. The lowest BCUT2D eigenvalue weighted by atomic mass is 9.91. The number of amides is 1. The molecule has 0 radical (unpaired) electrons. The number of nitrogens with one attached hydrogen (secondary N) is 1. The quantitative estimate of drug-likeness (QED) is 0.863. The molecule has 1 N–H and O–H groups in total. The average Bonchev–Trinajstić information content (AvgIpc) is 2.61. The van der Waals surface area contributed by atoms with Gasteiger partial charge in [-0.1, -0.05) is 5.92 Å². The topological polar surface area (TPSA) is 71.0 Å². The Morgan fingerprint density at radius 3 is 2.77 bits per heavy atom. The average molecular weight is 349 g/mol. The van der Waals surface area contributed by atoms with Crippen molar-refractivity contribution in [3.05, 3.63) is 41.3 Å². The van der Waals surface area contributed by atoms with Gasteiger partial charge in [-0.05, 0) is 63.3 Å². The van der Waals surface area contributed by atoms with Crippen molar-refractivity contribution in [2.45, 2.75) is 39.5 Å². The number of rotatable bonds is 3. The number of hydrogen-bond acceptors (Lipinski definition) is 5. The minimum atomic E-state index is -0.0896. The lowest BCUT2D eigenvalue weighted by Crippen LogP contribution is -2.38. The fourth-order valence-corrected chi connectivity index (χ4v) is 3.29. The molecule has 1 aliphatic heterocycles. The Labute approximate surface area is 154 Å². The highest BCUT2D eigenvalue weighted by Gasteiger charge is 2.24. The first kappa shape index (κ1) is 17.9. The van der Waals surface area contributed by atoms with Crippen LogP contribution in [0.15, 0.2) is 24.4 Å². The maximum absolute atomic E-state index is 12.1. The SMILES string of the molecule is CC#CC(=O)N1CCCC(c2ccnc(Nc3nc(C)cc(C)n3)c2)C1. The summed E-state index contributed by atoms with van der Waals surface area (Å²) in [5, 5.41) is 3.18. The van der Waals surface area contributed by atoms with Gasteiger partial charge in [0.05, 0.1) is 0 Å². The van der Waals surface area contributed by atoms with E-state index in [1.807, 2.05) is 36.9 Å². The minimum Gasteiger partial charge on any atom is -0.331 e. The van der Waals surface area contributed by atoms with E-state index in [1.165, 1.54) is 0 Å². The molecule has 3 heterocycles. The fourth-order valence-electron chi connectivity index (χ4n) is 3.29. The van der Waals surface area contributed by atoms with Crippen LogP contribution in [0.5, 0.6) is 0 Å². The Morgan fingerprint density at radius 1 is 1.27 bits per heavy atom. The van der Waals surface area contributed by atoms with Gasteiger partial charge in [0, 0.05) is 36.6 Å². The van der Waals surface area contributed by atoms with E-state index in [-0.39, 0.29) is 11.8 Å². The molecule has 134 valence electrons. The molecule has 1 atom stereocenters. The van der Waals surface area contributed by atoms with E-state index < -0.39 is 0 Å². The number of aryl methyl sites for hydroxylation is 2. The molecule has 6 heteroatoms. The molecule has 0 bridgehead atoms. The zero-order valence-corrected chi connectivity index (χ0v) is 15.4. The zero-order valence-electron chi connectivity index (χ0n) is 15.4. The summed E-state index contributed by atoms with van der Waals surface area (Å²) in [6.45, 7) is 7.04. The van der Waals surface area contributed by atoms with E-state index >= 15 is 0 Å². The smallest absolute Gasteiger partial charge is 0.298 e. The molecule has 1 aliphatic rings. The number of nitrogens with zero attached hydrogens (tertiary/aromatic N) is 4. The first-order valence-corrected chi connectivity index (χ1v) is 8.82. The lowest BCUT2D eigenvalue weighted by molar-refractivity contribution is -0.126. The monoisotopic (exact) mass is 349 g/mol. The summed E-state index contributed by atoms with van der Waals surface area (Å²) in [6.07, 6.45) is 3.81. The van der Waals surface area contributed by atoms with Gasteiger partial charge < -0.3 is 10.2 Å². The van der Waals surface area contributed by atoms with Crippen LogP contribution in [0.1, 0.15) is 42.6 Å². The van der Waals surface area contributed by atoms with Crippen molar-refractivity contribution in [2.24, 2.45) is 0 Å². The second kappa shape index (κ2) is 7.96. The predicted molar refractivity (Wildman–Crippen MR) is 101 cm³/mol. The maximum atomic E-state index is 12.1. The van der Waals surface area contributed by atoms with E-state index in [9.17, 15) is 4.79 Å². The van der Waals surface area contributed by atoms with Crippen LogP contribution in [-0.2, 0) is 4.79 Å². The molecular weight excluding hydrogens is 326 g/mol. The highest BCUT2D eigenvalue weighted by molar-refractivity contribution is 5.93. The molecular formula is C20H23N5O. The van der Waals surface area contributed by atoms with Crippen molar-refractivity contribution in [1.82, 2.24) is 19.9 Å². The van der Waals surface area contributed by atoms with Gasteiger partial charge in [0.1, 0.15) is 5.82 Å². The van der Waals surface area contributed by atoms with Crippen molar-refractivity contribution in [1.29, 1.82) is 0 Å². The van der Waals surface area contributed by atoms with Crippen LogP contribution in [-0.4, -0.2) is 38.8 Å². The number of carbonyl (C=O) groups excluding carboxylic acids is 1. The van der Waals surface area contributed by atoms with E-state index in [1.54, 1.807) is 13.1 Å². The van der Waals surface area contributed by atoms with E-state index in [0.29, 0.717) is 18.3 Å². The number of anilines is 2. The molecule has 0 aromatic carbocycles. The molecule has 1 amide bonds. The standard InChI is InChI=1S/C20H23N5O/c1-4-6-19(26)25-10-5-7-17(13-25)16-8-9-21-18(12-16)24-20-22-14(2)11-15(3)23-20/h8-9,11-12,17H,5,7,10,13H2,1-3H3,(H,21,22,23,24). The van der Waals surface area contributed by atoms with E-state index in [0.717, 1.165) is 36.3 Å². The summed E-state index contributed by atoms with van der Waals surface area (Å²) in [7, 11) is 0. The number of hydrogen-bond donors (Lipinski definition) is 1. The van der Waals surface area contributed by atoms with Crippen molar-refractivity contribution in [3.8, 4) is 11.8 Å². The van der Waals surface area contributed by atoms with Crippen molar-refractivity contribution in [2.75, 3.05) is 18.4 Å². The van der Waals surface area contributed by atoms with Crippen LogP contribution in [0.3, 0.4) is 0 Å². The molecule has 26 heavy (non-hydrogen) atoms. The molecule has 2 aromatic heterocycles. The molecule has 6 nitrogen and oxygen atoms in total. The van der Waals surface area contributed by atoms with Gasteiger partial charge in [-0.3, -0.25) is 4.79 Å². The normalized spacial score (nSPS) is 16.6. The second-order valence-electron chi connectivity index (χ2n) is 6.54. The Morgan fingerprint density at radius 2 is 2.04 bits per heavy atom. The van der Waals surface area contributed by atoms with Crippen LogP contribution < -0.4 is 5.32 Å². The van der Waals surface area contributed by atoms with Gasteiger partial charge in [0.25, 0.3) is 5.91 Å². The molecule has 1 unspecified atom stereocenters. The molecule has 1 saturated heterocycles. The predicted octanol–water partition coefficient (Wildman–Crippen LogP) is 2.96. The van der Waals surface area contributed by atoms with Crippen LogP contribution in [0, 0.1) is 25.7 Å². The Bertz CT molecular complexity index is 848. The first-order valence-electron chi connectivity index (χ1n) is 8.82. The first-order chi connectivity index (χ1) is 12.5. The summed E-state index contributed by atoms with van der Waals surface area (Å²) < 4.78 is 0. The highest BCUT2D eigenvalue weighted by atomic mass is 16.2. The van der Waals surface area contributed by atoms with E-state index in [2.05, 4.69) is 32.1 Å². The third kappa shape index (κ3) is 4.37.